The molecule has 0 saturated carbocycles. The third-order valence-electron chi connectivity index (χ3n) is 2.36. The summed E-state index contributed by atoms with van der Waals surface area (Å²) in [5, 5.41) is 8.43. The van der Waals surface area contributed by atoms with E-state index >= 15 is 0 Å². The van der Waals surface area contributed by atoms with Crippen LogP contribution in [0.1, 0.15) is 11.1 Å². The highest BCUT2D eigenvalue weighted by atomic mass is 19.4. The van der Waals surface area contributed by atoms with Crippen molar-refractivity contribution < 1.29 is 26.3 Å². The van der Waals surface area contributed by atoms with E-state index in [1.807, 2.05) is 0 Å². The average molecular weight is 268 g/mol. The predicted octanol–water partition coefficient (Wildman–Crippen LogP) is 2.84. The van der Waals surface area contributed by atoms with E-state index in [0.717, 1.165) is 12.1 Å². The molecule has 0 aliphatic heterocycles. The molecule has 0 heterocycles. The van der Waals surface area contributed by atoms with Crippen molar-refractivity contribution in [2.24, 2.45) is 5.73 Å². The summed E-state index contributed by atoms with van der Waals surface area (Å²) in [6, 6.07) is 4.35. The van der Waals surface area contributed by atoms with E-state index in [1.165, 1.54) is 0 Å². The van der Waals surface area contributed by atoms with Gasteiger partial charge in [-0.05, 0) is 17.7 Å². The third kappa shape index (κ3) is 2.13. The van der Waals surface area contributed by atoms with Gasteiger partial charge in [0.15, 0.2) is 0 Å². The molecule has 0 amide bonds. The molecule has 0 radical (unpaired) electrons. The minimum atomic E-state index is -5.70. The van der Waals surface area contributed by atoms with Crippen molar-refractivity contribution in [3.05, 3.63) is 35.4 Å². The number of rotatable bonds is 1. The molecule has 8 heteroatoms. The van der Waals surface area contributed by atoms with E-state index in [0.29, 0.717) is 12.1 Å². The van der Waals surface area contributed by atoms with Gasteiger partial charge < -0.3 is 5.73 Å². The molecular weight excluding hydrogens is 262 g/mol. The summed E-state index contributed by atoms with van der Waals surface area (Å²) in [6.45, 7) is 0. The van der Waals surface area contributed by atoms with Crippen molar-refractivity contribution in [3.8, 4) is 6.07 Å². The molecule has 0 aliphatic carbocycles. The van der Waals surface area contributed by atoms with E-state index in [4.69, 9.17) is 5.26 Å². The van der Waals surface area contributed by atoms with Crippen molar-refractivity contribution in [1.82, 2.24) is 0 Å². The molecule has 0 fully saturated rings. The molecular formula is C10H6F6N2. The van der Waals surface area contributed by atoms with E-state index in [9.17, 15) is 26.3 Å². The Kier molecular flexibility index (Phi) is 3.32. The van der Waals surface area contributed by atoms with Crippen molar-refractivity contribution in [1.29, 1.82) is 5.26 Å². The highest BCUT2D eigenvalue weighted by molar-refractivity contribution is 5.36. The summed E-state index contributed by atoms with van der Waals surface area (Å²) in [5.41, 5.74) is -1.15. The Bertz CT molecular complexity index is 451. The lowest BCUT2D eigenvalue weighted by Crippen LogP contribution is -2.60. The van der Waals surface area contributed by atoms with E-state index in [2.05, 4.69) is 5.73 Å². The Balaban J connectivity index is 3.42. The second kappa shape index (κ2) is 4.17. The van der Waals surface area contributed by atoms with E-state index < -0.39 is 23.5 Å². The molecule has 0 bridgehead atoms. The SMILES string of the molecule is N#Cc1ccc(C(N)(C(F)(F)F)C(F)(F)F)cc1. The number of hydrogen-bond acceptors (Lipinski definition) is 2. The first-order valence-corrected chi connectivity index (χ1v) is 4.47. The summed E-state index contributed by atoms with van der Waals surface area (Å²) >= 11 is 0. The Morgan fingerprint density at radius 3 is 1.56 bits per heavy atom. The van der Waals surface area contributed by atoms with Gasteiger partial charge in [0.2, 0.25) is 5.54 Å². The van der Waals surface area contributed by atoms with E-state index in [-0.39, 0.29) is 5.56 Å². The topological polar surface area (TPSA) is 49.8 Å². The van der Waals surface area contributed by atoms with Gasteiger partial charge in [0.25, 0.3) is 0 Å². The van der Waals surface area contributed by atoms with Crippen LogP contribution < -0.4 is 5.73 Å². The largest absolute Gasteiger partial charge is 0.419 e. The Hall–Kier alpha value is -1.75. The Morgan fingerprint density at radius 2 is 1.28 bits per heavy atom. The van der Waals surface area contributed by atoms with Gasteiger partial charge >= 0.3 is 12.4 Å². The van der Waals surface area contributed by atoms with Gasteiger partial charge in [0.05, 0.1) is 11.6 Å². The average Bonchev–Trinajstić information content (AvgIpc) is 2.25. The zero-order valence-corrected chi connectivity index (χ0v) is 8.60. The van der Waals surface area contributed by atoms with E-state index in [1.54, 1.807) is 6.07 Å². The van der Waals surface area contributed by atoms with Crippen molar-refractivity contribution in [2.75, 3.05) is 0 Å². The summed E-state index contributed by atoms with van der Waals surface area (Å²) in [6.07, 6.45) is -11.4. The zero-order valence-electron chi connectivity index (χ0n) is 8.60. The fourth-order valence-corrected chi connectivity index (χ4v) is 1.30. The monoisotopic (exact) mass is 268 g/mol. The Morgan fingerprint density at radius 1 is 0.889 bits per heavy atom. The molecule has 1 aromatic carbocycles. The summed E-state index contributed by atoms with van der Waals surface area (Å²) < 4.78 is 75.4. The smallest absolute Gasteiger partial charge is 0.306 e. The summed E-state index contributed by atoms with van der Waals surface area (Å²) in [5.74, 6) is 0. The van der Waals surface area contributed by atoms with Gasteiger partial charge in [-0.1, -0.05) is 12.1 Å². The second-order valence-corrected chi connectivity index (χ2v) is 3.49. The van der Waals surface area contributed by atoms with Crippen LogP contribution >= 0.6 is 0 Å². The van der Waals surface area contributed by atoms with Crippen LogP contribution in [0, 0.1) is 11.3 Å². The highest BCUT2D eigenvalue weighted by Crippen LogP contribution is 2.47. The molecule has 1 rings (SSSR count). The van der Waals surface area contributed by atoms with Gasteiger partial charge in [-0.3, -0.25) is 0 Å². The van der Waals surface area contributed by atoms with Crippen LogP contribution in [0.2, 0.25) is 0 Å². The van der Waals surface area contributed by atoms with Crippen molar-refractivity contribution in [3.63, 3.8) is 0 Å². The maximum absolute atomic E-state index is 12.6. The molecule has 18 heavy (non-hydrogen) atoms. The molecule has 98 valence electrons. The molecule has 0 saturated heterocycles. The summed E-state index contributed by atoms with van der Waals surface area (Å²) in [7, 11) is 0. The lowest BCUT2D eigenvalue weighted by atomic mass is 9.89. The first-order chi connectivity index (χ1) is 8.04. The fraction of sp³-hybridized carbons (Fsp3) is 0.300. The van der Waals surface area contributed by atoms with Crippen LogP contribution in [0.25, 0.3) is 0 Å². The quantitative estimate of drug-likeness (QED) is 0.796. The molecule has 0 unspecified atom stereocenters. The van der Waals surface area contributed by atoms with Gasteiger partial charge in [-0.2, -0.15) is 31.6 Å². The normalized spacial score (nSPS) is 13.2. The van der Waals surface area contributed by atoms with Gasteiger partial charge in [-0.15, -0.1) is 0 Å². The van der Waals surface area contributed by atoms with Gasteiger partial charge in [0.1, 0.15) is 0 Å². The van der Waals surface area contributed by atoms with Crippen LogP contribution in [0.15, 0.2) is 24.3 Å². The predicted molar refractivity (Wildman–Crippen MR) is 49.1 cm³/mol. The second-order valence-electron chi connectivity index (χ2n) is 3.49. The minimum Gasteiger partial charge on any atom is -0.306 e. The molecule has 1 aromatic rings. The van der Waals surface area contributed by atoms with Crippen LogP contribution in [0.3, 0.4) is 0 Å². The highest BCUT2D eigenvalue weighted by Gasteiger charge is 2.69. The number of benzene rings is 1. The van der Waals surface area contributed by atoms with Crippen molar-refractivity contribution in [2.45, 2.75) is 17.9 Å². The number of nitrogens with zero attached hydrogens (tertiary/aromatic N) is 1. The maximum Gasteiger partial charge on any atom is 0.419 e. The first kappa shape index (κ1) is 14.3. The minimum absolute atomic E-state index is 0.0644. The number of nitriles is 1. The Labute approximate surface area is 97.6 Å². The lowest BCUT2D eigenvalue weighted by Gasteiger charge is -2.33. The zero-order chi connectivity index (χ0) is 14.2. The third-order valence-corrected chi connectivity index (χ3v) is 2.36. The fourth-order valence-electron chi connectivity index (χ4n) is 1.30. The molecule has 0 atom stereocenters. The van der Waals surface area contributed by atoms with Crippen LogP contribution in [0.5, 0.6) is 0 Å². The van der Waals surface area contributed by atoms with Crippen LogP contribution in [0.4, 0.5) is 26.3 Å². The van der Waals surface area contributed by atoms with Gasteiger partial charge in [-0.25, -0.2) is 0 Å². The number of halogens is 6. The molecule has 0 aromatic heterocycles. The van der Waals surface area contributed by atoms with Crippen LogP contribution in [-0.2, 0) is 5.54 Å². The van der Waals surface area contributed by atoms with Crippen LogP contribution in [-0.4, -0.2) is 12.4 Å². The number of hydrogen-bond donors (Lipinski definition) is 1. The molecule has 0 aliphatic rings. The summed E-state index contributed by atoms with van der Waals surface area (Å²) in [4.78, 5) is 0. The van der Waals surface area contributed by atoms with Crippen molar-refractivity contribution >= 4 is 0 Å². The number of nitrogens with two attached hydrogens (primary N) is 1. The lowest BCUT2D eigenvalue weighted by molar-refractivity contribution is -0.301. The molecule has 2 nitrogen and oxygen atoms in total. The molecule has 2 N–H and O–H groups in total. The standard InChI is InChI=1S/C10H6F6N2/c11-9(12,13)8(18,10(14,15)16)7-3-1-6(5-17)2-4-7/h1-4H,18H2. The van der Waals surface area contributed by atoms with Gasteiger partial charge in [0, 0.05) is 0 Å². The maximum atomic E-state index is 12.6. The number of alkyl halides is 6. The molecule has 0 spiro atoms. The first-order valence-electron chi connectivity index (χ1n) is 4.47.